The van der Waals surface area contributed by atoms with Crippen LogP contribution in [0.5, 0.6) is 0 Å². The second-order valence-electron chi connectivity index (χ2n) is 6.90. The van der Waals surface area contributed by atoms with Crippen molar-refractivity contribution in [2.45, 2.75) is 0 Å². The van der Waals surface area contributed by atoms with Crippen LogP contribution in [0.25, 0.3) is 0 Å². The third-order valence-electron chi connectivity index (χ3n) is 4.67. The number of nitrogens with zero attached hydrogens (tertiary/aromatic N) is 1. The Morgan fingerprint density at radius 3 is 2.15 bits per heavy atom. The summed E-state index contributed by atoms with van der Waals surface area (Å²) in [5.41, 5.74) is 1.30. The first kappa shape index (κ1) is 23.1. The van der Waals surface area contributed by atoms with Crippen LogP contribution >= 0.6 is 46.4 Å². The number of imide groups is 1. The number of amides is 3. The quantitative estimate of drug-likeness (QED) is 0.385. The van der Waals surface area contributed by atoms with Gasteiger partial charge in [0.25, 0.3) is 17.7 Å². The molecule has 0 radical (unpaired) electrons. The molecule has 0 bridgehead atoms. The van der Waals surface area contributed by atoms with Crippen LogP contribution in [0.4, 0.5) is 17.1 Å². The zero-order chi connectivity index (χ0) is 23.7. The summed E-state index contributed by atoms with van der Waals surface area (Å²) in [6.07, 6.45) is 0. The fraction of sp³-hybridized carbons (Fsp3) is 0. The van der Waals surface area contributed by atoms with Crippen molar-refractivity contribution in [1.82, 2.24) is 0 Å². The molecule has 33 heavy (non-hydrogen) atoms. The van der Waals surface area contributed by atoms with Crippen LogP contribution in [0.1, 0.15) is 10.4 Å². The molecule has 0 atom stereocenters. The van der Waals surface area contributed by atoms with Crippen LogP contribution in [0.15, 0.2) is 77.5 Å². The lowest BCUT2D eigenvalue weighted by Crippen LogP contribution is -2.32. The first-order chi connectivity index (χ1) is 15.7. The van der Waals surface area contributed by atoms with E-state index < -0.39 is 11.8 Å². The highest BCUT2D eigenvalue weighted by atomic mass is 35.5. The van der Waals surface area contributed by atoms with Crippen LogP contribution in [-0.4, -0.2) is 17.7 Å². The Morgan fingerprint density at radius 1 is 0.758 bits per heavy atom. The Morgan fingerprint density at radius 2 is 1.45 bits per heavy atom. The molecule has 1 aliphatic rings. The molecule has 0 unspecified atom stereocenters. The molecule has 3 aromatic carbocycles. The molecule has 0 aliphatic carbocycles. The molecule has 1 heterocycles. The summed E-state index contributed by atoms with van der Waals surface area (Å²) in [6, 6.07) is 17.4. The number of halogens is 4. The van der Waals surface area contributed by atoms with E-state index in [2.05, 4.69) is 10.6 Å². The minimum Gasteiger partial charge on any atom is -0.350 e. The van der Waals surface area contributed by atoms with E-state index >= 15 is 0 Å². The van der Waals surface area contributed by atoms with Gasteiger partial charge in [0.1, 0.15) is 10.7 Å². The number of nitrogens with one attached hydrogen (secondary N) is 2. The summed E-state index contributed by atoms with van der Waals surface area (Å²) in [5, 5.41) is 6.31. The van der Waals surface area contributed by atoms with Crippen molar-refractivity contribution >= 4 is 81.2 Å². The first-order valence-corrected chi connectivity index (χ1v) is 10.9. The lowest BCUT2D eigenvalue weighted by atomic mass is 10.1. The van der Waals surface area contributed by atoms with Gasteiger partial charge in [0.15, 0.2) is 0 Å². The van der Waals surface area contributed by atoms with Gasteiger partial charge in [-0.15, -0.1) is 0 Å². The van der Waals surface area contributed by atoms with Crippen molar-refractivity contribution in [2.24, 2.45) is 0 Å². The highest BCUT2D eigenvalue weighted by Crippen LogP contribution is 2.35. The molecule has 10 heteroatoms. The van der Waals surface area contributed by atoms with Crippen molar-refractivity contribution in [3.05, 3.63) is 98.1 Å². The second kappa shape index (κ2) is 9.45. The third-order valence-corrected chi connectivity index (χ3v) is 5.81. The molecular weight excluding hydrogens is 508 g/mol. The van der Waals surface area contributed by atoms with Gasteiger partial charge >= 0.3 is 0 Å². The molecule has 0 aromatic heterocycles. The average Bonchev–Trinajstić information content (AvgIpc) is 2.99. The van der Waals surface area contributed by atoms with Gasteiger partial charge in [-0.2, -0.15) is 0 Å². The summed E-state index contributed by atoms with van der Waals surface area (Å²) in [4.78, 5) is 39.1. The Balaban J connectivity index is 1.55. The highest BCUT2D eigenvalue weighted by molar-refractivity contribution is 6.54. The van der Waals surface area contributed by atoms with Crippen molar-refractivity contribution in [1.29, 1.82) is 0 Å². The van der Waals surface area contributed by atoms with E-state index in [1.165, 1.54) is 24.3 Å². The maximum atomic E-state index is 13.0. The van der Waals surface area contributed by atoms with Gasteiger partial charge in [0.05, 0.1) is 10.7 Å². The summed E-state index contributed by atoms with van der Waals surface area (Å²) in [7, 11) is 0. The van der Waals surface area contributed by atoms with Gasteiger partial charge in [-0.1, -0.05) is 52.5 Å². The van der Waals surface area contributed by atoms with Gasteiger partial charge < -0.3 is 10.6 Å². The lowest BCUT2D eigenvalue weighted by molar-refractivity contribution is -0.120. The van der Waals surface area contributed by atoms with Crippen molar-refractivity contribution in [3.63, 3.8) is 0 Å². The van der Waals surface area contributed by atoms with Crippen LogP contribution in [0.2, 0.25) is 15.1 Å². The van der Waals surface area contributed by atoms with Crippen molar-refractivity contribution in [3.8, 4) is 0 Å². The number of anilines is 3. The maximum absolute atomic E-state index is 13.0. The van der Waals surface area contributed by atoms with E-state index in [0.29, 0.717) is 27.0 Å². The first-order valence-electron chi connectivity index (χ1n) is 9.42. The molecule has 166 valence electrons. The SMILES string of the molecule is O=C(Nc1ccc(Cl)cc1)c1cccc(NC2=C(Cl)C(=O)N(c3ccc(Cl)cc3Cl)C2=O)c1. The molecule has 0 spiro atoms. The molecular formula is C23H13Cl4N3O3. The van der Waals surface area contributed by atoms with Gasteiger partial charge in [-0.25, -0.2) is 4.90 Å². The number of rotatable bonds is 5. The van der Waals surface area contributed by atoms with Crippen LogP contribution in [0.3, 0.4) is 0 Å². The van der Waals surface area contributed by atoms with Gasteiger partial charge in [-0.05, 0) is 60.7 Å². The predicted octanol–water partition coefficient (Wildman–Crippen LogP) is 6.33. The zero-order valence-corrected chi connectivity index (χ0v) is 19.6. The Labute approximate surface area is 208 Å². The molecule has 3 amide bonds. The van der Waals surface area contributed by atoms with E-state index in [1.54, 1.807) is 42.5 Å². The molecule has 4 rings (SSSR count). The normalized spacial score (nSPS) is 13.5. The third kappa shape index (κ3) is 4.84. The van der Waals surface area contributed by atoms with Crippen LogP contribution in [0, 0.1) is 0 Å². The zero-order valence-electron chi connectivity index (χ0n) is 16.5. The summed E-state index contributed by atoms with van der Waals surface area (Å²) >= 11 is 24.1. The van der Waals surface area contributed by atoms with Gasteiger partial charge in [-0.3, -0.25) is 14.4 Å². The fourth-order valence-electron chi connectivity index (χ4n) is 3.11. The Bertz CT molecular complexity index is 1320. The standard InChI is InChI=1S/C23H13Cl4N3O3/c24-13-4-7-15(8-5-13)29-21(31)12-2-1-3-16(10-12)28-20-19(27)22(32)30(23(20)33)18-9-6-14(25)11-17(18)26/h1-11,28H,(H,29,31). The average molecular weight is 521 g/mol. The Kier molecular flexibility index (Phi) is 6.63. The number of carbonyl (C=O) groups is 3. The molecule has 2 N–H and O–H groups in total. The topological polar surface area (TPSA) is 78.5 Å². The molecule has 6 nitrogen and oxygen atoms in total. The van der Waals surface area contributed by atoms with Crippen molar-refractivity contribution < 1.29 is 14.4 Å². The summed E-state index contributed by atoms with van der Waals surface area (Å²) < 4.78 is 0. The number of benzene rings is 3. The molecule has 3 aromatic rings. The number of carbonyl (C=O) groups excluding carboxylic acids is 3. The monoisotopic (exact) mass is 519 g/mol. The molecule has 0 fully saturated rings. The smallest absolute Gasteiger partial charge is 0.283 e. The fourth-order valence-corrected chi connectivity index (χ4v) is 3.94. The van der Waals surface area contributed by atoms with Crippen LogP contribution in [-0.2, 0) is 9.59 Å². The van der Waals surface area contributed by atoms with Crippen molar-refractivity contribution in [2.75, 3.05) is 15.5 Å². The second-order valence-corrected chi connectivity index (χ2v) is 8.56. The lowest BCUT2D eigenvalue weighted by Gasteiger charge is -2.16. The molecule has 1 aliphatic heterocycles. The van der Waals surface area contributed by atoms with Gasteiger partial charge in [0, 0.05) is 27.0 Å². The Hall–Kier alpha value is -3.03. The van der Waals surface area contributed by atoms with E-state index in [0.717, 1.165) is 4.90 Å². The van der Waals surface area contributed by atoms with E-state index in [9.17, 15) is 14.4 Å². The summed E-state index contributed by atoms with van der Waals surface area (Å²) in [5.74, 6) is -1.79. The minimum absolute atomic E-state index is 0.121. The maximum Gasteiger partial charge on any atom is 0.283 e. The van der Waals surface area contributed by atoms with Gasteiger partial charge in [0.2, 0.25) is 0 Å². The van der Waals surface area contributed by atoms with E-state index in [-0.39, 0.29) is 27.3 Å². The van der Waals surface area contributed by atoms with E-state index in [1.807, 2.05) is 0 Å². The largest absolute Gasteiger partial charge is 0.350 e. The molecule has 0 saturated heterocycles. The predicted molar refractivity (Wildman–Crippen MR) is 131 cm³/mol. The number of hydrogen-bond acceptors (Lipinski definition) is 4. The summed E-state index contributed by atoms with van der Waals surface area (Å²) in [6.45, 7) is 0. The van der Waals surface area contributed by atoms with E-state index in [4.69, 9.17) is 46.4 Å². The highest BCUT2D eigenvalue weighted by Gasteiger charge is 2.39. The molecule has 0 saturated carbocycles. The van der Waals surface area contributed by atoms with Crippen LogP contribution < -0.4 is 15.5 Å². The minimum atomic E-state index is -0.731. The number of hydrogen-bond donors (Lipinski definition) is 2.